The SMILES string of the molecule is Cn1c(=O)n(-c2ccc(C[C@H](NC(=O)c3ncc(NS(=O)(=O)c4ccncc4)cc3F)C(=O)O)cc2)c(=O)c2ccncc21. The van der Waals surface area contributed by atoms with Gasteiger partial charge in [0.05, 0.1) is 39.6 Å². The fourth-order valence-electron chi connectivity index (χ4n) is 4.36. The summed E-state index contributed by atoms with van der Waals surface area (Å²) in [5.41, 5.74) is -1.15. The second kappa shape index (κ2) is 11.8. The highest BCUT2D eigenvalue weighted by Gasteiger charge is 2.25. The van der Waals surface area contributed by atoms with Crippen LogP contribution in [0.5, 0.6) is 0 Å². The Kier molecular flexibility index (Phi) is 8.00. The lowest BCUT2D eigenvalue weighted by Gasteiger charge is -2.16. The first-order valence-corrected chi connectivity index (χ1v) is 14.2. The van der Waals surface area contributed by atoms with Gasteiger partial charge in [-0.1, -0.05) is 12.1 Å². The van der Waals surface area contributed by atoms with Gasteiger partial charge in [-0.15, -0.1) is 0 Å². The largest absolute Gasteiger partial charge is 0.480 e. The molecule has 5 aromatic rings. The Labute approximate surface area is 247 Å². The molecule has 4 aromatic heterocycles. The third-order valence-electron chi connectivity index (χ3n) is 6.58. The van der Waals surface area contributed by atoms with Gasteiger partial charge in [0, 0.05) is 38.1 Å². The van der Waals surface area contributed by atoms with Gasteiger partial charge in [0.15, 0.2) is 11.5 Å². The smallest absolute Gasteiger partial charge is 0.335 e. The van der Waals surface area contributed by atoms with Crippen molar-refractivity contribution >= 4 is 38.5 Å². The molecule has 3 N–H and O–H groups in total. The number of nitrogens with one attached hydrogen (secondary N) is 2. The summed E-state index contributed by atoms with van der Waals surface area (Å²) in [6, 6.07) is 9.08. The number of hydrogen-bond donors (Lipinski definition) is 3. The Balaban J connectivity index is 1.32. The minimum absolute atomic E-state index is 0.128. The number of fused-ring (bicyclic) bond motifs is 1. The molecule has 0 saturated carbocycles. The Morgan fingerprint density at radius 2 is 1.68 bits per heavy atom. The van der Waals surface area contributed by atoms with Crippen LogP contribution in [0.4, 0.5) is 10.1 Å². The van der Waals surface area contributed by atoms with Crippen molar-refractivity contribution in [3.05, 3.63) is 117 Å². The third kappa shape index (κ3) is 5.91. The van der Waals surface area contributed by atoms with E-state index in [1.807, 2.05) is 0 Å². The van der Waals surface area contributed by atoms with Gasteiger partial charge in [0.1, 0.15) is 6.04 Å². The maximum atomic E-state index is 14.8. The van der Waals surface area contributed by atoms with E-state index in [1.165, 1.54) is 78.9 Å². The molecule has 0 aliphatic rings. The van der Waals surface area contributed by atoms with Crippen molar-refractivity contribution in [3.8, 4) is 5.69 Å². The molecule has 16 heteroatoms. The quantitative estimate of drug-likeness (QED) is 0.216. The minimum Gasteiger partial charge on any atom is -0.480 e. The summed E-state index contributed by atoms with van der Waals surface area (Å²) < 4.78 is 44.1. The average Bonchev–Trinajstić information content (AvgIpc) is 3.00. The van der Waals surface area contributed by atoms with Crippen LogP contribution in [0.1, 0.15) is 16.1 Å². The van der Waals surface area contributed by atoms with Crippen LogP contribution in [0.3, 0.4) is 0 Å². The highest BCUT2D eigenvalue weighted by atomic mass is 32.2. The normalized spacial score (nSPS) is 12.0. The van der Waals surface area contributed by atoms with Gasteiger partial charge in [-0.05, 0) is 35.9 Å². The number of anilines is 1. The lowest BCUT2D eigenvalue weighted by atomic mass is 10.1. The van der Waals surface area contributed by atoms with Crippen LogP contribution >= 0.6 is 0 Å². The molecule has 0 bridgehead atoms. The molecule has 1 atom stereocenters. The molecule has 1 amide bonds. The molecule has 4 heterocycles. The highest BCUT2D eigenvalue weighted by molar-refractivity contribution is 7.92. The summed E-state index contributed by atoms with van der Waals surface area (Å²) in [4.78, 5) is 61.8. The van der Waals surface area contributed by atoms with Crippen molar-refractivity contribution in [1.82, 2.24) is 29.4 Å². The number of hydrogen-bond acceptors (Lipinski definition) is 9. The molecule has 0 unspecified atom stereocenters. The summed E-state index contributed by atoms with van der Waals surface area (Å²) in [6.07, 6.45) is 6.06. The topological polar surface area (TPSA) is 195 Å². The molecule has 5 rings (SSSR count). The van der Waals surface area contributed by atoms with Crippen molar-refractivity contribution in [2.45, 2.75) is 17.4 Å². The fraction of sp³-hybridized carbons (Fsp3) is 0.107. The van der Waals surface area contributed by atoms with E-state index in [1.54, 1.807) is 0 Å². The van der Waals surface area contributed by atoms with Gasteiger partial charge in [-0.2, -0.15) is 0 Å². The number of carboxylic acids is 1. The number of sulfonamides is 1. The molecule has 0 spiro atoms. The number of rotatable bonds is 9. The van der Waals surface area contributed by atoms with Crippen LogP contribution in [-0.2, 0) is 28.3 Å². The molecular weight excluding hydrogens is 597 g/mol. The number of amides is 1. The molecule has 0 radical (unpaired) electrons. The highest BCUT2D eigenvalue weighted by Crippen LogP contribution is 2.18. The van der Waals surface area contributed by atoms with E-state index in [2.05, 4.69) is 25.0 Å². The Morgan fingerprint density at radius 1 is 1.00 bits per heavy atom. The Hall–Kier alpha value is -5.77. The number of halogens is 1. The van der Waals surface area contributed by atoms with Gasteiger partial charge in [-0.25, -0.2) is 31.9 Å². The van der Waals surface area contributed by atoms with Crippen molar-refractivity contribution in [2.24, 2.45) is 7.05 Å². The Bertz CT molecular complexity index is 2130. The van der Waals surface area contributed by atoms with Crippen LogP contribution in [0.25, 0.3) is 16.6 Å². The maximum Gasteiger partial charge on any atom is 0.335 e. The van der Waals surface area contributed by atoms with E-state index < -0.39 is 50.7 Å². The summed E-state index contributed by atoms with van der Waals surface area (Å²) in [7, 11) is -2.58. The van der Waals surface area contributed by atoms with Gasteiger partial charge in [0.25, 0.3) is 21.5 Å². The molecule has 224 valence electrons. The molecule has 0 aliphatic carbocycles. The second-order valence-electron chi connectivity index (χ2n) is 9.45. The lowest BCUT2D eigenvalue weighted by Crippen LogP contribution is -2.43. The average molecular weight is 620 g/mol. The van der Waals surface area contributed by atoms with E-state index in [0.717, 1.165) is 16.8 Å². The minimum atomic E-state index is -4.08. The molecule has 0 saturated heterocycles. The van der Waals surface area contributed by atoms with E-state index in [9.17, 15) is 37.1 Å². The van der Waals surface area contributed by atoms with E-state index >= 15 is 0 Å². The number of pyridine rings is 3. The van der Waals surface area contributed by atoms with Crippen LogP contribution in [0, 0.1) is 5.82 Å². The Morgan fingerprint density at radius 3 is 2.34 bits per heavy atom. The zero-order chi connectivity index (χ0) is 31.6. The van der Waals surface area contributed by atoms with Crippen molar-refractivity contribution in [1.29, 1.82) is 0 Å². The number of aryl methyl sites for hydroxylation is 1. The van der Waals surface area contributed by atoms with Crippen LogP contribution in [0.15, 0.2) is 94.0 Å². The fourth-order valence-corrected chi connectivity index (χ4v) is 5.38. The van der Waals surface area contributed by atoms with Crippen molar-refractivity contribution < 1.29 is 27.5 Å². The molecule has 0 aliphatic heterocycles. The van der Waals surface area contributed by atoms with E-state index in [4.69, 9.17) is 0 Å². The van der Waals surface area contributed by atoms with E-state index in [0.29, 0.717) is 11.1 Å². The van der Waals surface area contributed by atoms with E-state index in [-0.39, 0.29) is 28.1 Å². The summed E-state index contributed by atoms with van der Waals surface area (Å²) in [6.45, 7) is 0. The van der Waals surface area contributed by atoms with Gasteiger partial charge < -0.3 is 10.4 Å². The second-order valence-corrected chi connectivity index (χ2v) is 11.1. The van der Waals surface area contributed by atoms with Gasteiger partial charge >= 0.3 is 11.7 Å². The number of nitrogens with zero attached hydrogens (tertiary/aromatic N) is 5. The van der Waals surface area contributed by atoms with Gasteiger partial charge in [-0.3, -0.25) is 28.8 Å². The number of aromatic nitrogens is 5. The summed E-state index contributed by atoms with van der Waals surface area (Å²) >= 11 is 0. The monoisotopic (exact) mass is 619 g/mol. The van der Waals surface area contributed by atoms with Crippen LogP contribution in [0.2, 0.25) is 0 Å². The maximum absolute atomic E-state index is 14.8. The standard InChI is InChI=1S/C28H22FN7O7S/c1-35-23-15-31-11-8-20(23)26(38)36(28(35)41)18-4-2-16(3-5-18)12-22(27(39)40)33-25(37)24-21(29)13-17(14-32-24)34-44(42,43)19-6-9-30-10-7-19/h2-11,13-15,22,34H,12H2,1H3,(H,33,37)(H,39,40)/t22-/m0/s1. The summed E-state index contributed by atoms with van der Waals surface area (Å²) in [5, 5.41) is 12.2. The number of benzene rings is 1. The number of carboxylic acid groups (broad SMARTS) is 1. The summed E-state index contributed by atoms with van der Waals surface area (Å²) in [5.74, 6) is -3.75. The zero-order valence-electron chi connectivity index (χ0n) is 22.7. The number of carbonyl (C=O) groups excluding carboxylic acids is 1. The molecule has 14 nitrogen and oxygen atoms in total. The molecule has 44 heavy (non-hydrogen) atoms. The van der Waals surface area contributed by atoms with Crippen molar-refractivity contribution in [3.63, 3.8) is 0 Å². The first kappa shape index (κ1) is 29.7. The predicted octanol–water partition coefficient (Wildman–Crippen LogP) is 1.24. The first-order chi connectivity index (χ1) is 21.0. The number of carbonyl (C=O) groups is 2. The first-order valence-electron chi connectivity index (χ1n) is 12.7. The van der Waals surface area contributed by atoms with Crippen molar-refractivity contribution in [2.75, 3.05) is 4.72 Å². The zero-order valence-corrected chi connectivity index (χ0v) is 23.5. The molecule has 1 aromatic carbocycles. The van der Waals surface area contributed by atoms with Crippen LogP contribution in [-0.4, -0.2) is 55.5 Å². The van der Waals surface area contributed by atoms with Crippen LogP contribution < -0.4 is 21.3 Å². The molecule has 0 fully saturated rings. The molecular formula is C28H22FN7O7S. The number of aliphatic carboxylic acids is 1. The van der Waals surface area contributed by atoms with Gasteiger partial charge in [0.2, 0.25) is 0 Å². The predicted molar refractivity (Wildman–Crippen MR) is 154 cm³/mol. The third-order valence-corrected chi connectivity index (χ3v) is 7.98. The lowest BCUT2D eigenvalue weighted by molar-refractivity contribution is -0.139.